The third-order valence-electron chi connectivity index (χ3n) is 6.14. The fourth-order valence-electron chi connectivity index (χ4n) is 4.25. The number of anilines is 3. The molecule has 0 unspecified atom stereocenters. The van der Waals surface area contributed by atoms with Crippen LogP contribution in [0, 0.1) is 0 Å². The second-order valence-electron chi connectivity index (χ2n) is 8.53. The van der Waals surface area contributed by atoms with Crippen molar-refractivity contribution in [2.75, 3.05) is 39.5 Å². The lowest BCUT2D eigenvalue weighted by Crippen LogP contribution is -2.02. The van der Waals surface area contributed by atoms with E-state index in [1.165, 1.54) is 10.1 Å². The minimum absolute atomic E-state index is 0.590. The van der Waals surface area contributed by atoms with Crippen LogP contribution in [0.3, 0.4) is 0 Å². The van der Waals surface area contributed by atoms with E-state index in [0.29, 0.717) is 34.5 Å². The molecule has 0 aliphatic carbocycles. The number of hydrogen-bond donors (Lipinski definition) is 2. The van der Waals surface area contributed by atoms with Gasteiger partial charge in [0.2, 0.25) is 0 Å². The molecule has 3 aromatic heterocycles. The Labute approximate surface area is 235 Å². The van der Waals surface area contributed by atoms with Crippen LogP contribution in [0.1, 0.15) is 0 Å². The highest BCUT2D eigenvalue weighted by Crippen LogP contribution is 2.37. The number of nitrogens with two attached hydrogens (primary N) is 1. The second-order valence-corrected chi connectivity index (χ2v) is 9.61. The SMILES string of the molecule is COc1cccc(N)c1OC.COc1cccc(Nc2ccc3ncc(-c4cc5ccccc5s4)n3n2)c1OC. The molecule has 0 amide bonds. The van der Waals surface area contributed by atoms with Crippen molar-refractivity contribution in [3.05, 3.63) is 85.1 Å². The molecule has 6 aromatic rings. The van der Waals surface area contributed by atoms with Crippen LogP contribution in [0.4, 0.5) is 17.2 Å². The molecule has 0 saturated carbocycles. The molecule has 6 rings (SSSR count). The number of fused-ring (bicyclic) bond motifs is 2. The quantitative estimate of drug-likeness (QED) is 0.211. The van der Waals surface area contributed by atoms with Gasteiger partial charge in [0.15, 0.2) is 34.5 Å². The van der Waals surface area contributed by atoms with Gasteiger partial charge in [-0.25, -0.2) is 9.50 Å². The van der Waals surface area contributed by atoms with Crippen molar-refractivity contribution in [1.29, 1.82) is 0 Å². The Morgan fingerprint density at radius 2 is 1.50 bits per heavy atom. The Kier molecular flexibility index (Phi) is 7.88. The molecule has 0 saturated heterocycles. The van der Waals surface area contributed by atoms with Gasteiger partial charge in [-0.1, -0.05) is 30.3 Å². The number of nitrogen functional groups attached to an aromatic ring is 1. The molecule has 0 bridgehead atoms. The van der Waals surface area contributed by atoms with E-state index in [4.69, 9.17) is 29.8 Å². The van der Waals surface area contributed by atoms with E-state index in [0.717, 1.165) is 21.9 Å². The normalized spacial score (nSPS) is 10.6. The number of nitrogens with zero attached hydrogens (tertiary/aromatic N) is 3. The highest BCUT2D eigenvalue weighted by molar-refractivity contribution is 7.22. The molecule has 3 aromatic carbocycles. The number of thiophene rings is 1. The topological polar surface area (TPSA) is 105 Å². The number of hydrogen-bond acceptors (Lipinski definition) is 9. The molecule has 204 valence electrons. The second kappa shape index (κ2) is 11.8. The Hall–Kier alpha value is -4.96. The Bertz CT molecular complexity index is 1730. The average Bonchev–Trinajstić information content (AvgIpc) is 3.61. The summed E-state index contributed by atoms with van der Waals surface area (Å²) in [4.78, 5) is 5.64. The largest absolute Gasteiger partial charge is 0.493 e. The molecule has 0 fully saturated rings. The highest BCUT2D eigenvalue weighted by atomic mass is 32.1. The summed E-state index contributed by atoms with van der Waals surface area (Å²) in [5, 5.41) is 9.31. The molecule has 0 radical (unpaired) electrons. The summed E-state index contributed by atoms with van der Waals surface area (Å²) in [6.07, 6.45) is 1.86. The molecule has 0 aliphatic rings. The van der Waals surface area contributed by atoms with Crippen LogP contribution < -0.4 is 30.0 Å². The van der Waals surface area contributed by atoms with Gasteiger partial charge in [0.05, 0.1) is 50.9 Å². The first-order chi connectivity index (χ1) is 19.6. The van der Waals surface area contributed by atoms with Crippen LogP contribution >= 0.6 is 11.3 Å². The number of aromatic nitrogens is 3. The number of methoxy groups -OCH3 is 4. The van der Waals surface area contributed by atoms with E-state index >= 15 is 0 Å². The summed E-state index contributed by atoms with van der Waals surface area (Å²) in [7, 11) is 6.38. The average molecular weight is 556 g/mol. The summed E-state index contributed by atoms with van der Waals surface area (Å²) in [5.74, 6) is 3.23. The predicted molar refractivity (Wildman–Crippen MR) is 161 cm³/mol. The van der Waals surface area contributed by atoms with Gasteiger partial charge in [-0.2, -0.15) is 0 Å². The number of para-hydroxylation sites is 2. The van der Waals surface area contributed by atoms with Crippen molar-refractivity contribution in [2.24, 2.45) is 0 Å². The lowest BCUT2D eigenvalue weighted by Gasteiger charge is -2.13. The van der Waals surface area contributed by atoms with Crippen LogP contribution in [-0.4, -0.2) is 43.0 Å². The number of nitrogens with one attached hydrogen (secondary N) is 1. The standard InChI is InChI=1S/C22H18N4O2S.C8H11NO2/c1-27-17-8-5-7-15(22(17)28-2)24-20-10-11-21-23-13-16(26(21)25-20)19-12-14-6-3-4-9-18(14)29-19;1-10-7-5-3-4-6(9)8(7)11-2/h3-13H,1-2H3,(H,24,25);3-5H,9H2,1-2H3. The molecule has 0 aliphatic heterocycles. The minimum Gasteiger partial charge on any atom is -0.493 e. The van der Waals surface area contributed by atoms with Crippen molar-refractivity contribution >= 4 is 44.3 Å². The zero-order chi connectivity index (χ0) is 28.1. The molecule has 9 nitrogen and oxygen atoms in total. The summed E-state index contributed by atoms with van der Waals surface area (Å²) < 4.78 is 24.0. The van der Waals surface area contributed by atoms with Crippen LogP contribution in [0.25, 0.3) is 26.3 Å². The van der Waals surface area contributed by atoms with E-state index in [1.807, 2.05) is 47.1 Å². The van der Waals surface area contributed by atoms with E-state index in [9.17, 15) is 0 Å². The zero-order valence-corrected chi connectivity index (χ0v) is 23.4. The van der Waals surface area contributed by atoms with Crippen LogP contribution in [0.15, 0.2) is 85.1 Å². The van der Waals surface area contributed by atoms with Gasteiger partial charge >= 0.3 is 0 Å². The van der Waals surface area contributed by atoms with Crippen molar-refractivity contribution in [3.63, 3.8) is 0 Å². The van der Waals surface area contributed by atoms with Crippen LogP contribution in [0.2, 0.25) is 0 Å². The molecular weight excluding hydrogens is 526 g/mol. The van der Waals surface area contributed by atoms with Gasteiger partial charge in [-0.15, -0.1) is 16.4 Å². The van der Waals surface area contributed by atoms with E-state index in [2.05, 4.69) is 40.6 Å². The molecule has 0 atom stereocenters. The molecular formula is C30H29N5O4S. The van der Waals surface area contributed by atoms with Gasteiger partial charge in [0.1, 0.15) is 5.69 Å². The van der Waals surface area contributed by atoms with E-state index in [1.54, 1.807) is 51.9 Å². The third-order valence-corrected chi connectivity index (χ3v) is 7.28. The fraction of sp³-hybridized carbons (Fsp3) is 0.133. The van der Waals surface area contributed by atoms with Gasteiger partial charge in [-0.3, -0.25) is 0 Å². The predicted octanol–water partition coefficient (Wildman–Crippen LogP) is 6.66. The van der Waals surface area contributed by atoms with Crippen LogP contribution in [-0.2, 0) is 0 Å². The number of benzene rings is 3. The van der Waals surface area contributed by atoms with Crippen molar-refractivity contribution in [2.45, 2.75) is 0 Å². The maximum atomic E-state index is 5.60. The zero-order valence-electron chi connectivity index (χ0n) is 22.5. The molecule has 3 heterocycles. The van der Waals surface area contributed by atoms with Gasteiger partial charge < -0.3 is 30.0 Å². The molecule has 10 heteroatoms. The fourth-order valence-corrected chi connectivity index (χ4v) is 5.31. The number of imidazole rings is 1. The summed E-state index contributed by atoms with van der Waals surface area (Å²) in [6.45, 7) is 0. The number of ether oxygens (including phenoxy) is 4. The number of rotatable bonds is 7. The maximum absolute atomic E-state index is 5.60. The Morgan fingerprint density at radius 1 is 0.775 bits per heavy atom. The van der Waals surface area contributed by atoms with E-state index in [-0.39, 0.29) is 0 Å². The van der Waals surface area contributed by atoms with Gasteiger partial charge in [0.25, 0.3) is 0 Å². The minimum atomic E-state index is 0.590. The molecule has 40 heavy (non-hydrogen) atoms. The highest BCUT2D eigenvalue weighted by Gasteiger charge is 2.14. The van der Waals surface area contributed by atoms with Gasteiger partial charge in [0, 0.05) is 4.70 Å². The monoisotopic (exact) mass is 555 g/mol. The first-order valence-electron chi connectivity index (χ1n) is 12.3. The Morgan fingerprint density at radius 3 is 2.20 bits per heavy atom. The Balaban J connectivity index is 0.000000248. The first-order valence-corrected chi connectivity index (χ1v) is 13.2. The smallest absolute Gasteiger partial charge is 0.184 e. The van der Waals surface area contributed by atoms with Crippen molar-refractivity contribution < 1.29 is 18.9 Å². The maximum Gasteiger partial charge on any atom is 0.184 e. The first kappa shape index (κ1) is 26.6. The van der Waals surface area contributed by atoms with Gasteiger partial charge in [-0.05, 0) is 53.9 Å². The summed E-state index contributed by atoms with van der Waals surface area (Å²) in [6, 6.07) is 25.4. The summed E-state index contributed by atoms with van der Waals surface area (Å²) >= 11 is 1.73. The third kappa shape index (κ3) is 5.29. The lowest BCUT2D eigenvalue weighted by atomic mass is 10.2. The van der Waals surface area contributed by atoms with Crippen molar-refractivity contribution in [1.82, 2.24) is 14.6 Å². The molecule has 3 N–H and O–H groups in total. The molecule has 0 spiro atoms. The van der Waals surface area contributed by atoms with E-state index < -0.39 is 0 Å². The van der Waals surface area contributed by atoms with Crippen LogP contribution in [0.5, 0.6) is 23.0 Å². The summed E-state index contributed by atoms with van der Waals surface area (Å²) in [5.41, 5.74) is 8.72. The van der Waals surface area contributed by atoms with Crippen molar-refractivity contribution in [3.8, 4) is 33.6 Å². The lowest BCUT2D eigenvalue weighted by molar-refractivity contribution is 0.356.